The second kappa shape index (κ2) is 13.8. The molecule has 0 amide bonds. The molecular weight excluding hydrogens is 773 g/mol. The van der Waals surface area contributed by atoms with Gasteiger partial charge in [-0.3, -0.25) is 0 Å². The van der Waals surface area contributed by atoms with Gasteiger partial charge in [-0.1, -0.05) is 121 Å². The maximum absolute atomic E-state index is 9.80. The predicted octanol–water partition coefficient (Wildman–Crippen LogP) is 10.9. The van der Waals surface area contributed by atoms with Crippen molar-refractivity contribution >= 4 is 94.4 Å². The van der Waals surface area contributed by atoms with Gasteiger partial charge in [0.05, 0.1) is 45.3 Å². The minimum atomic E-state index is -3.00. The van der Waals surface area contributed by atoms with E-state index in [9.17, 15) is 10.5 Å². The van der Waals surface area contributed by atoms with Gasteiger partial charge in [-0.25, -0.2) is 0 Å². The van der Waals surface area contributed by atoms with Crippen LogP contribution < -0.4 is 20.7 Å². The summed E-state index contributed by atoms with van der Waals surface area (Å²) in [6.45, 7) is 0. The topological polar surface area (TPSA) is 70.6 Å². The molecule has 288 valence electrons. The van der Waals surface area contributed by atoms with Gasteiger partial charge in [0, 0.05) is 49.8 Å². The van der Waals surface area contributed by atoms with E-state index in [1.54, 1.807) is 0 Å². The van der Waals surface area contributed by atoms with E-state index in [1.165, 1.54) is 31.5 Å². The van der Waals surface area contributed by atoms with Gasteiger partial charge in [-0.15, -0.1) is 0 Å². The zero-order chi connectivity index (χ0) is 41.4. The molecule has 0 atom stereocenters. The van der Waals surface area contributed by atoms with E-state index in [1.807, 2.05) is 48.5 Å². The summed E-state index contributed by atoms with van der Waals surface area (Å²) >= 11 is 0. The summed E-state index contributed by atoms with van der Waals surface area (Å²) in [6.07, 6.45) is 0. The van der Waals surface area contributed by atoms with Gasteiger partial charge in [-0.2, -0.15) is 10.5 Å². The van der Waals surface area contributed by atoms with Gasteiger partial charge in [0.15, 0.2) is 8.07 Å². The summed E-state index contributed by atoms with van der Waals surface area (Å²) in [4.78, 5) is 0. The number of nitrogens with zero attached hydrogens (tertiary/aromatic N) is 4. The number of hydrogen-bond donors (Lipinski definition) is 0. The van der Waals surface area contributed by atoms with E-state index in [-0.39, 0.29) is 0 Å². The van der Waals surface area contributed by atoms with Gasteiger partial charge in [0.25, 0.3) is 0 Å². The van der Waals surface area contributed by atoms with Crippen molar-refractivity contribution in [2.75, 3.05) is 0 Å². The van der Waals surface area contributed by atoms with Crippen LogP contribution in [-0.4, -0.2) is 17.2 Å². The molecule has 3 aromatic heterocycles. The third kappa shape index (κ3) is 5.18. The molecule has 0 bridgehead atoms. The van der Waals surface area contributed by atoms with Crippen molar-refractivity contribution in [3.8, 4) is 23.5 Å². The molecule has 0 saturated heterocycles. The van der Waals surface area contributed by atoms with Crippen molar-refractivity contribution in [3.05, 3.63) is 217 Å². The van der Waals surface area contributed by atoms with Crippen LogP contribution in [0.2, 0.25) is 0 Å². The average molecular weight is 807 g/mol. The summed E-state index contributed by atoms with van der Waals surface area (Å²) in [5.74, 6) is 0. The van der Waals surface area contributed by atoms with Crippen LogP contribution in [0.3, 0.4) is 0 Å². The number of rotatable bonds is 6. The van der Waals surface area contributed by atoms with Gasteiger partial charge in [0.1, 0.15) is 11.2 Å². The Morgan fingerprint density at radius 1 is 0.339 bits per heavy atom. The first kappa shape index (κ1) is 35.5. The highest BCUT2D eigenvalue weighted by molar-refractivity contribution is 7.19. The van der Waals surface area contributed by atoms with Gasteiger partial charge in [-0.05, 0) is 99.6 Å². The Hall–Kier alpha value is -8.42. The maximum Gasteiger partial charge on any atom is 0.179 e. The van der Waals surface area contributed by atoms with Gasteiger partial charge < -0.3 is 13.6 Å². The lowest BCUT2D eigenvalue weighted by Crippen LogP contribution is -2.74. The molecule has 0 aliphatic carbocycles. The van der Waals surface area contributed by atoms with Crippen molar-refractivity contribution < 1.29 is 4.42 Å². The van der Waals surface area contributed by atoms with Crippen LogP contribution in [0.1, 0.15) is 11.1 Å². The quantitative estimate of drug-likeness (QED) is 0.124. The average Bonchev–Trinajstić information content (AvgIpc) is 3.98. The number of aromatic nitrogens is 2. The Bertz CT molecular complexity index is 3720. The summed E-state index contributed by atoms with van der Waals surface area (Å²) in [7, 11) is -3.00. The number of hydrogen-bond acceptors (Lipinski definition) is 3. The summed E-state index contributed by atoms with van der Waals surface area (Å²) in [5.41, 5.74) is 9.22. The zero-order valence-corrected chi connectivity index (χ0v) is 34.3. The molecule has 5 nitrogen and oxygen atoms in total. The Morgan fingerprint density at radius 2 is 0.871 bits per heavy atom. The minimum Gasteiger partial charge on any atom is -0.456 e. The van der Waals surface area contributed by atoms with Crippen LogP contribution >= 0.6 is 0 Å². The number of para-hydroxylation sites is 2. The van der Waals surface area contributed by atoms with E-state index in [2.05, 4.69) is 179 Å². The molecule has 0 N–H and O–H groups in total. The number of nitriles is 2. The van der Waals surface area contributed by atoms with Crippen molar-refractivity contribution in [2.24, 2.45) is 0 Å². The van der Waals surface area contributed by atoms with E-state index >= 15 is 0 Å². The summed E-state index contributed by atoms with van der Waals surface area (Å²) < 4.78 is 11.1. The van der Waals surface area contributed by atoms with Crippen molar-refractivity contribution in [2.45, 2.75) is 0 Å². The zero-order valence-electron chi connectivity index (χ0n) is 33.3. The Morgan fingerprint density at radius 3 is 1.53 bits per heavy atom. The third-order valence-electron chi connectivity index (χ3n) is 12.7. The summed E-state index contributed by atoms with van der Waals surface area (Å²) in [6, 6.07) is 78.0. The largest absolute Gasteiger partial charge is 0.456 e. The smallest absolute Gasteiger partial charge is 0.179 e. The Kier molecular flexibility index (Phi) is 7.92. The fraction of sp³-hybridized carbons (Fsp3) is 0. The summed E-state index contributed by atoms with van der Waals surface area (Å²) in [5, 5.41) is 31.2. The Labute approximate surface area is 357 Å². The molecular formula is C56H34N4OSi. The predicted molar refractivity (Wildman–Crippen MR) is 255 cm³/mol. The molecule has 6 heteroatoms. The molecule has 0 saturated carbocycles. The molecule has 62 heavy (non-hydrogen) atoms. The number of furan rings is 1. The van der Waals surface area contributed by atoms with E-state index < -0.39 is 8.07 Å². The van der Waals surface area contributed by atoms with Crippen LogP contribution in [0.25, 0.3) is 76.9 Å². The van der Waals surface area contributed by atoms with Crippen LogP contribution in [-0.2, 0) is 0 Å². The van der Waals surface area contributed by atoms with Crippen LogP contribution in [0.15, 0.2) is 211 Å². The Balaban J connectivity index is 1.10. The van der Waals surface area contributed by atoms with Crippen LogP contribution in [0.5, 0.6) is 0 Å². The molecule has 0 spiro atoms. The van der Waals surface area contributed by atoms with Crippen molar-refractivity contribution in [1.29, 1.82) is 10.5 Å². The third-order valence-corrected chi connectivity index (χ3v) is 17.5. The lowest BCUT2D eigenvalue weighted by atomic mass is 10.1. The molecule has 0 aliphatic rings. The second-order valence-corrected chi connectivity index (χ2v) is 19.7. The highest BCUT2D eigenvalue weighted by atomic mass is 28.3. The van der Waals surface area contributed by atoms with E-state index in [4.69, 9.17) is 4.42 Å². The van der Waals surface area contributed by atoms with Crippen molar-refractivity contribution in [1.82, 2.24) is 9.13 Å². The fourth-order valence-electron chi connectivity index (χ4n) is 10.0. The van der Waals surface area contributed by atoms with E-state index in [0.29, 0.717) is 11.1 Å². The van der Waals surface area contributed by atoms with Crippen molar-refractivity contribution in [3.63, 3.8) is 0 Å². The normalized spacial score (nSPS) is 11.8. The lowest BCUT2D eigenvalue weighted by molar-refractivity contribution is 0.669. The van der Waals surface area contributed by atoms with Gasteiger partial charge in [0.2, 0.25) is 0 Å². The molecule has 12 aromatic rings. The first-order valence-electron chi connectivity index (χ1n) is 20.7. The molecule has 0 radical (unpaired) electrons. The highest BCUT2D eigenvalue weighted by Crippen LogP contribution is 2.38. The molecule has 0 fully saturated rings. The maximum atomic E-state index is 9.80. The van der Waals surface area contributed by atoms with Gasteiger partial charge >= 0.3 is 0 Å². The second-order valence-electron chi connectivity index (χ2n) is 15.9. The molecule has 0 unspecified atom stereocenters. The standard InChI is InChI=1S/C56H34N4OSi/c57-35-37-22-28-52-47(30-37)48-31-38(36-58)23-29-53(48)59(52)39-24-26-43(27-25-39)62(41-13-3-1-4-14-41,42-15-5-2-6-16-42)44-17-11-12-40(32-44)60-51-20-9-7-18-45(51)49-33-50-46-19-8-10-21-55(46)61-56(50)34-54(49)60/h1-34H. The minimum absolute atomic E-state index is 0.585. The fourth-order valence-corrected chi connectivity index (χ4v) is 14.8. The SMILES string of the molecule is N#Cc1ccc2c(c1)c1cc(C#N)ccc1n2-c1ccc([Si](c2ccccc2)(c2ccccc2)c2cccc(-n3c4ccccc4c4cc5c(cc43)oc3ccccc35)c2)cc1. The van der Waals surface area contributed by atoms with Crippen LogP contribution in [0.4, 0.5) is 0 Å². The molecule has 3 heterocycles. The molecule has 9 aromatic carbocycles. The highest BCUT2D eigenvalue weighted by Gasteiger charge is 2.41. The van der Waals surface area contributed by atoms with E-state index in [0.717, 1.165) is 66.2 Å². The number of benzene rings is 9. The number of fused-ring (bicyclic) bond motifs is 9. The lowest BCUT2D eigenvalue weighted by Gasteiger charge is -2.35. The molecule has 12 rings (SSSR count). The first-order valence-corrected chi connectivity index (χ1v) is 22.7. The monoisotopic (exact) mass is 806 g/mol. The molecule has 0 aliphatic heterocycles. The first-order chi connectivity index (χ1) is 30.6. The van der Waals surface area contributed by atoms with Crippen LogP contribution in [0, 0.1) is 22.7 Å².